The molecule has 0 aliphatic carbocycles. The zero-order valence-electron chi connectivity index (χ0n) is 10.6. The summed E-state index contributed by atoms with van der Waals surface area (Å²) >= 11 is 17.4. The number of nitrogens with zero attached hydrogens (tertiary/aromatic N) is 3. The van der Waals surface area contributed by atoms with Gasteiger partial charge in [0, 0.05) is 7.05 Å². The van der Waals surface area contributed by atoms with Gasteiger partial charge < -0.3 is 5.11 Å². The van der Waals surface area contributed by atoms with E-state index in [-0.39, 0.29) is 26.5 Å². The van der Waals surface area contributed by atoms with Gasteiger partial charge in [0.05, 0.1) is 22.5 Å². The van der Waals surface area contributed by atoms with E-state index in [1.54, 1.807) is 0 Å². The molecular weight excluding hydrogens is 339 g/mol. The summed E-state index contributed by atoms with van der Waals surface area (Å²) in [6, 6.07) is 2.97. The van der Waals surface area contributed by atoms with Crippen LogP contribution in [0.5, 0.6) is 5.75 Å². The molecule has 9 heteroatoms. The van der Waals surface area contributed by atoms with E-state index in [2.05, 4.69) is 15.6 Å². The SMILES string of the molecule is Cn1ncc(N/N=C\c2cc(Cl)c(O)c(Cl)c2)c(Cl)c1=O. The van der Waals surface area contributed by atoms with Crippen LogP contribution in [-0.2, 0) is 7.05 Å². The molecule has 0 radical (unpaired) electrons. The van der Waals surface area contributed by atoms with Crippen LogP contribution in [0, 0.1) is 0 Å². The van der Waals surface area contributed by atoms with Gasteiger partial charge in [0.15, 0.2) is 5.75 Å². The number of nitrogens with one attached hydrogen (secondary N) is 1. The molecule has 0 aliphatic rings. The molecule has 1 heterocycles. The van der Waals surface area contributed by atoms with Gasteiger partial charge in [-0.2, -0.15) is 10.2 Å². The van der Waals surface area contributed by atoms with E-state index >= 15 is 0 Å². The Morgan fingerprint density at radius 3 is 2.57 bits per heavy atom. The molecule has 110 valence electrons. The van der Waals surface area contributed by atoms with Crippen LogP contribution in [0.15, 0.2) is 28.2 Å². The summed E-state index contributed by atoms with van der Waals surface area (Å²) in [5.41, 5.74) is 2.99. The lowest BCUT2D eigenvalue weighted by Gasteiger charge is -2.04. The third-order valence-electron chi connectivity index (χ3n) is 2.52. The summed E-state index contributed by atoms with van der Waals surface area (Å²) in [6.45, 7) is 0. The quantitative estimate of drug-likeness (QED) is 0.661. The van der Waals surface area contributed by atoms with Crippen molar-refractivity contribution in [2.75, 3.05) is 5.43 Å². The maximum absolute atomic E-state index is 11.6. The number of phenols is 1. The molecule has 0 saturated carbocycles. The number of aromatic nitrogens is 2. The first-order chi connectivity index (χ1) is 9.90. The van der Waals surface area contributed by atoms with Crippen molar-refractivity contribution in [3.05, 3.63) is 49.3 Å². The third kappa shape index (κ3) is 3.47. The summed E-state index contributed by atoms with van der Waals surface area (Å²) in [5, 5.41) is 17.4. The van der Waals surface area contributed by atoms with E-state index in [1.165, 1.54) is 31.6 Å². The van der Waals surface area contributed by atoms with Gasteiger partial charge in [-0.05, 0) is 17.7 Å². The fraction of sp³-hybridized carbons (Fsp3) is 0.0833. The average Bonchev–Trinajstić information content (AvgIpc) is 2.44. The molecule has 21 heavy (non-hydrogen) atoms. The van der Waals surface area contributed by atoms with Gasteiger partial charge in [0.1, 0.15) is 10.7 Å². The minimum Gasteiger partial charge on any atom is -0.505 e. The highest BCUT2D eigenvalue weighted by molar-refractivity contribution is 6.37. The predicted molar refractivity (Wildman–Crippen MR) is 83.8 cm³/mol. The van der Waals surface area contributed by atoms with E-state index in [4.69, 9.17) is 34.8 Å². The van der Waals surface area contributed by atoms with E-state index in [0.29, 0.717) is 5.56 Å². The monoisotopic (exact) mass is 346 g/mol. The zero-order valence-corrected chi connectivity index (χ0v) is 12.9. The first-order valence-corrected chi connectivity index (χ1v) is 6.72. The Labute approximate surface area is 134 Å². The Morgan fingerprint density at radius 2 is 1.95 bits per heavy atom. The highest BCUT2D eigenvalue weighted by Crippen LogP contribution is 2.32. The second-order valence-electron chi connectivity index (χ2n) is 4.00. The van der Waals surface area contributed by atoms with Crippen LogP contribution in [-0.4, -0.2) is 21.1 Å². The van der Waals surface area contributed by atoms with Crippen molar-refractivity contribution in [1.82, 2.24) is 9.78 Å². The first kappa shape index (κ1) is 15.6. The van der Waals surface area contributed by atoms with E-state index in [1.807, 2.05) is 0 Å². The maximum Gasteiger partial charge on any atom is 0.287 e. The smallest absolute Gasteiger partial charge is 0.287 e. The zero-order chi connectivity index (χ0) is 15.6. The van der Waals surface area contributed by atoms with Crippen molar-refractivity contribution in [3.8, 4) is 5.75 Å². The first-order valence-electron chi connectivity index (χ1n) is 5.59. The number of rotatable bonds is 3. The van der Waals surface area contributed by atoms with Crippen LogP contribution in [0.4, 0.5) is 5.69 Å². The summed E-state index contributed by atoms with van der Waals surface area (Å²) < 4.78 is 1.11. The van der Waals surface area contributed by atoms with Crippen molar-refractivity contribution in [3.63, 3.8) is 0 Å². The highest BCUT2D eigenvalue weighted by atomic mass is 35.5. The average molecular weight is 348 g/mol. The van der Waals surface area contributed by atoms with Crippen LogP contribution in [0.2, 0.25) is 15.1 Å². The fourth-order valence-electron chi connectivity index (χ4n) is 1.42. The van der Waals surface area contributed by atoms with Crippen LogP contribution in [0.3, 0.4) is 0 Å². The summed E-state index contributed by atoms with van der Waals surface area (Å²) in [4.78, 5) is 11.6. The minimum atomic E-state index is -0.437. The molecule has 1 aromatic carbocycles. The van der Waals surface area contributed by atoms with Gasteiger partial charge >= 0.3 is 0 Å². The number of aromatic hydroxyl groups is 1. The molecule has 0 aliphatic heterocycles. The molecule has 2 N–H and O–H groups in total. The minimum absolute atomic E-state index is 0.0218. The van der Waals surface area contributed by atoms with Crippen LogP contribution in [0.1, 0.15) is 5.56 Å². The molecule has 1 aromatic heterocycles. The molecule has 6 nitrogen and oxygen atoms in total. The van der Waals surface area contributed by atoms with Crippen LogP contribution in [0.25, 0.3) is 0 Å². The topological polar surface area (TPSA) is 79.5 Å². The van der Waals surface area contributed by atoms with Crippen molar-refractivity contribution < 1.29 is 5.11 Å². The number of aryl methyl sites for hydroxylation is 1. The third-order valence-corrected chi connectivity index (χ3v) is 3.46. The molecular formula is C12H9Cl3N4O2. The normalized spacial score (nSPS) is 11.0. The van der Waals surface area contributed by atoms with Gasteiger partial charge in [0.25, 0.3) is 5.56 Å². The molecule has 2 aromatic rings. The summed E-state index contributed by atoms with van der Waals surface area (Å²) in [6.07, 6.45) is 2.78. The summed E-state index contributed by atoms with van der Waals surface area (Å²) in [7, 11) is 1.49. The second-order valence-corrected chi connectivity index (χ2v) is 5.20. The maximum atomic E-state index is 11.6. The number of hydrogen-bond donors (Lipinski definition) is 2. The molecule has 0 spiro atoms. The standard InChI is InChI=1S/C12H9Cl3N4O2/c1-19-12(21)10(15)9(5-17-19)18-16-4-6-2-7(13)11(20)8(14)3-6/h2-5,18,20H,1H3/b16-4-. The molecule has 0 amide bonds. The van der Waals surface area contributed by atoms with Crippen molar-refractivity contribution >= 4 is 46.7 Å². The molecule has 2 rings (SSSR count). The number of halogens is 3. The number of anilines is 1. The van der Waals surface area contributed by atoms with Crippen LogP contribution < -0.4 is 11.0 Å². The fourth-order valence-corrected chi connectivity index (χ4v) is 2.14. The van der Waals surface area contributed by atoms with Gasteiger partial charge in [-0.3, -0.25) is 10.2 Å². The van der Waals surface area contributed by atoms with Crippen molar-refractivity contribution in [1.29, 1.82) is 0 Å². The lowest BCUT2D eigenvalue weighted by atomic mass is 10.2. The van der Waals surface area contributed by atoms with Gasteiger partial charge in [0.2, 0.25) is 0 Å². The van der Waals surface area contributed by atoms with E-state index < -0.39 is 5.56 Å². The Bertz CT molecular complexity index is 751. The van der Waals surface area contributed by atoms with E-state index in [0.717, 1.165) is 4.68 Å². The number of benzene rings is 1. The molecule has 0 atom stereocenters. The Hall–Kier alpha value is -1.76. The lowest BCUT2D eigenvalue weighted by molar-refractivity contribution is 0.476. The van der Waals surface area contributed by atoms with E-state index in [9.17, 15) is 9.90 Å². The largest absolute Gasteiger partial charge is 0.505 e. The van der Waals surface area contributed by atoms with Gasteiger partial charge in [-0.15, -0.1) is 0 Å². The molecule has 0 unspecified atom stereocenters. The Kier molecular flexibility index (Phi) is 4.72. The van der Waals surface area contributed by atoms with Crippen molar-refractivity contribution in [2.45, 2.75) is 0 Å². The molecule has 0 saturated heterocycles. The van der Waals surface area contributed by atoms with Crippen LogP contribution >= 0.6 is 34.8 Å². The lowest BCUT2D eigenvalue weighted by Crippen LogP contribution is -2.20. The van der Waals surface area contributed by atoms with Gasteiger partial charge in [-0.1, -0.05) is 34.8 Å². The van der Waals surface area contributed by atoms with Crippen molar-refractivity contribution in [2.24, 2.45) is 12.1 Å². The summed E-state index contributed by atoms with van der Waals surface area (Å²) in [5.74, 6) is -0.192. The second kappa shape index (κ2) is 6.34. The van der Waals surface area contributed by atoms with Gasteiger partial charge in [-0.25, -0.2) is 4.68 Å². The predicted octanol–water partition coefficient (Wildman–Crippen LogP) is 2.89. The number of phenolic OH excluding ortho intramolecular Hbond substituents is 1. The Morgan fingerprint density at radius 1 is 1.33 bits per heavy atom. The highest BCUT2D eigenvalue weighted by Gasteiger charge is 2.07. The number of hydrazone groups is 1. The molecule has 0 bridgehead atoms. The Balaban J connectivity index is 2.20. The molecule has 0 fully saturated rings. The number of hydrogen-bond acceptors (Lipinski definition) is 5.